The Kier molecular flexibility index (Phi) is 5.76. The van der Waals surface area contributed by atoms with E-state index in [0.29, 0.717) is 37.5 Å². The van der Waals surface area contributed by atoms with Crippen molar-refractivity contribution in [3.05, 3.63) is 47.4 Å². The van der Waals surface area contributed by atoms with Crippen LogP contribution in [-0.4, -0.2) is 63.9 Å². The van der Waals surface area contributed by atoms with Crippen molar-refractivity contribution in [1.29, 1.82) is 0 Å². The van der Waals surface area contributed by atoms with Crippen LogP contribution >= 0.6 is 10.2 Å². The summed E-state index contributed by atoms with van der Waals surface area (Å²) < 4.78 is 65.4. The average Bonchev–Trinajstić information content (AvgIpc) is 3.26. The van der Waals surface area contributed by atoms with Gasteiger partial charge in [0.15, 0.2) is 5.65 Å². The number of rotatable bonds is 4. The predicted molar refractivity (Wildman–Crippen MR) is 133 cm³/mol. The van der Waals surface area contributed by atoms with Crippen molar-refractivity contribution >= 4 is 33.0 Å². The highest BCUT2D eigenvalue weighted by Crippen LogP contribution is 3.02. The highest BCUT2D eigenvalue weighted by molar-refractivity contribution is 8.45. The van der Waals surface area contributed by atoms with Crippen molar-refractivity contribution < 1.29 is 24.2 Å². The zero-order valence-electron chi connectivity index (χ0n) is 20.3. The molecule has 3 aromatic rings. The fourth-order valence-electron chi connectivity index (χ4n) is 5.28. The number of halogens is 5. The lowest BCUT2D eigenvalue weighted by Gasteiger charge is -2.40. The smallest absolute Gasteiger partial charge is 0.310 e. The number of aromatic amines is 1. The van der Waals surface area contributed by atoms with E-state index in [4.69, 9.17) is 10.7 Å². The molecule has 0 spiro atoms. The van der Waals surface area contributed by atoms with Crippen LogP contribution in [0, 0.1) is 0 Å². The van der Waals surface area contributed by atoms with Gasteiger partial charge in [0.2, 0.25) is 0 Å². The number of nitrogens with one attached hydrogen (secondary N) is 1. The first-order valence-corrected chi connectivity index (χ1v) is 14.1. The molecule has 3 N–H and O–H groups in total. The van der Waals surface area contributed by atoms with Crippen LogP contribution in [0.3, 0.4) is 0 Å². The first-order valence-electron chi connectivity index (χ1n) is 12.1. The lowest BCUT2D eigenvalue weighted by Crippen LogP contribution is -2.38. The molecule has 0 radical (unpaired) electrons. The molecule has 0 unspecified atom stereocenters. The number of fused-ring (bicyclic) bond motifs is 1. The first-order chi connectivity index (χ1) is 17.2. The van der Waals surface area contributed by atoms with Crippen molar-refractivity contribution in [2.75, 3.05) is 39.0 Å². The van der Waals surface area contributed by atoms with Crippen LogP contribution in [0.4, 0.5) is 25.1 Å². The number of benzene rings is 1. The van der Waals surface area contributed by atoms with Gasteiger partial charge in [0, 0.05) is 36.5 Å². The molecule has 1 amide bonds. The third-order valence-electron chi connectivity index (χ3n) is 7.49. The molecule has 5 rings (SSSR count). The number of hydrogen-bond donors (Lipinski definition) is 2. The van der Waals surface area contributed by atoms with Crippen LogP contribution < -0.4 is 5.73 Å². The van der Waals surface area contributed by atoms with Gasteiger partial charge in [-0.1, -0.05) is 19.4 Å². The Bertz CT molecular complexity index is 1350. The number of anilines is 1. The molecule has 0 atom stereocenters. The average molecular weight is 545 g/mol. The van der Waals surface area contributed by atoms with E-state index in [2.05, 4.69) is 21.9 Å². The Hall–Kier alpha value is -2.93. The number of nitrogens with two attached hydrogens (primary N) is 1. The Morgan fingerprint density at radius 3 is 2.30 bits per heavy atom. The molecule has 2 aliphatic heterocycles. The molecule has 37 heavy (non-hydrogen) atoms. The number of hydrogen-bond acceptors (Lipinski definition) is 5. The maximum absolute atomic E-state index is 13.1. The molecule has 2 aliphatic rings. The van der Waals surface area contributed by atoms with Crippen LogP contribution in [0.2, 0.25) is 0 Å². The molecule has 2 aromatic heterocycles. The fourth-order valence-corrected chi connectivity index (χ4v) is 5.95. The van der Waals surface area contributed by atoms with Crippen LogP contribution in [0.25, 0.3) is 11.2 Å². The molecule has 0 bridgehead atoms. The molecular weight excluding hydrogens is 515 g/mol. The summed E-state index contributed by atoms with van der Waals surface area (Å²) in [5.41, 5.74) is 8.33. The van der Waals surface area contributed by atoms with Crippen LogP contribution in [0.5, 0.6) is 0 Å². The van der Waals surface area contributed by atoms with Gasteiger partial charge in [-0.25, -0.2) is 9.97 Å². The third-order valence-corrected chi connectivity index (χ3v) is 8.63. The second kappa shape index (κ2) is 8.29. The lowest BCUT2D eigenvalue weighted by atomic mass is 9.90. The van der Waals surface area contributed by atoms with E-state index in [1.54, 1.807) is 0 Å². The number of likely N-dealkylation sites (tertiary alicyclic amines) is 2. The monoisotopic (exact) mass is 544 g/mol. The van der Waals surface area contributed by atoms with Crippen LogP contribution in [0.1, 0.15) is 59.1 Å². The zero-order valence-corrected chi connectivity index (χ0v) is 21.1. The molecular formula is C24H29F5N6OS. The Morgan fingerprint density at radius 2 is 1.68 bits per heavy atom. The number of amides is 1. The number of nitrogens with zero attached hydrogens (tertiary/aromatic N) is 4. The van der Waals surface area contributed by atoms with Gasteiger partial charge in [0.05, 0.1) is 17.5 Å². The van der Waals surface area contributed by atoms with Crippen molar-refractivity contribution in [1.82, 2.24) is 24.8 Å². The van der Waals surface area contributed by atoms with Gasteiger partial charge < -0.3 is 20.5 Å². The Morgan fingerprint density at radius 1 is 1.03 bits per heavy atom. The minimum absolute atomic E-state index is 0.118. The van der Waals surface area contributed by atoms with Gasteiger partial charge >= 0.3 is 10.2 Å². The van der Waals surface area contributed by atoms with Crippen molar-refractivity contribution in [3.63, 3.8) is 0 Å². The molecule has 13 heteroatoms. The highest BCUT2D eigenvalue weighted by Gasteiger charge is 2.65. The summed E-state index contributed by atoms with van der Waals surface area (Å²) >= 11 is 0. The minimum Gasteiger partial charge on any atom is -0.398 e. The lowest BCUT2D eigenvalue weighted by molar-refractivity contribution is 0.0714. The molecule has 0 saturated carbocycles. The highest BCUT2D eigenvalue weighted by atomic mass is 32.5. The normalized spacial score (nSPS) is 20.6. The third kappa shape index (κ3) is 5.24. The number of aromatic nitrogens is 3. The molecule has 2 fully saturated rings. The van der Waals surface area contributed by atoms with E-state index in [1.165, 1.54) is 4.90 Å². The van der Waals surface area contributed by atoms with Crippen LogP contribution in [-0.2, 0) is 0 Å². The van der Waals surface area contributed by atoms with E-state index in [-0.39, 0.29) is 23.6 Å². The zero-order chi connectivity index (χ0) is 26.7. The van der Waals surface area contributed by atoms with Gasteiger partial charge in [-0.2, -0.15) is 0 Å². The van der Waals surface area contributed by atoms with Crippen molar-refractivity contribution in [2.24, 2.45) is 0 Å². The molecule has 7 nitrogen and oxygen atoms in total. The second-order valence-electron chi connectivity index (χ2n) is 10.1. The largest absolute Gasteiger partial charge is 0.398 e. The van der Waals surface area contributed by atoms with Gasteiger partial charge in [0.25, 0.3) is 5.91 Å². The summed E-state index contributed by atoms with van der Waals surface area (Å²) in [5, 5.41) is 0. The van der Waals surface area contributed by atoms with Crippen molar-refractivity contribution in [3.8, 4) is 0 Å². The summed E-state index contributed by atoms with van der Waals surface area (Å²) in [6.45, 7) is 2.73. The summed E-state index contributed by atoms with van der Waals surface area (Å²) in [4.78, 5) is 27.3. The van der Waals surface area contributed by atoms with E-state index in [1.807, 2.05) is 12.4 Å². The number of carbonyl (C=O) groups is 1. The molecule has 202 valence electrons. The fraction of sp³-hybridized carbons (Fsp3) is 0.458. The summed E-state index contributed by atoms with van der Waals surface area (Å²) in [5.74, 6) is -0.0908. The van der Waals surface area contributed by atoms with E-state index < -0.39 is 26.7 Å². The number of nitrogen functional groups attached to an aromatic ring is 1. The molecule has 1 aromatic carbocycles. The van der Waals surface area contributed by atoms with Gasteiger partial charge in [-0.3, -0.25) is 4.79 Å². The first kappa shape index (κ1) is 25.7. The van der Waals surface area contributed by atoms with Crippen LogP contribution in [0.15, 0.2) is 35.5 Å². The summed E-state index contributed by atoms with van der Waals surface area (Å²) in [7, 11) is -7.77. The quantitative estimate of drug-likeness (QED) is 0.309. The Balaban J connectivity index is 1.29. The summed E-state index contributed by atoms with van der Waals surface area (Å²) in [6, 6.07) is 1.11. The minimum atomic E-state index is -9.88. The molecule has 4 heterocycles. The number of carbonyl (C=O) groups excluding carboxylic acids is 1. The Labute approximate surface area is 211 Å². The van der Waals surface area contributed by atoms with Crippen molar-refractivity contribution in [2.45, 2.75) is 42.4 Å². The van der Waals surface area contributed by atoms with E-state index in [9.17, 15) is 24.2 Å². The summed E-state index contributed by atoms with van der Waals surface area (Å²) in [6.07, 6.45) is 7.03. The van der Waals surface area contributed by atoms with Gasteiger partial charge in [-0.15, -0.1) is 0 Å². The number of H-pyrrole nitrogens is 1. The van der Waals surface area contributed by atoms with E-state index in [0.717, 1.165) is 48.8 Å². The maximum atomic E-state index is 13.1. The predicted octanol–water partition coefficient (Wildman–Crippen LogP) is 6.03. The van der Waals surface area contributed by atoms with E-state index >= 15 is 0 Å². The molecule has 0 aliphatic carbocycles. The van der Waals surface area contributed by atoms with Gasteiger partial charge in [-0.05, 0) is 69.9 Å². The SMILES string of the molecule is CN1CCC(c2cnc3[nH]cc(C4CCN(C(=O)c5ccc(S(F)(F)(F)(F)F)cc5N)CC4)c3n2)CC1. The van der Waals surface area contributed by atoms with Gasteiger partial charge in [0.1, 0.15) is 10.4 Å². The molecule has 2 saturated heterocycles. The maximum Gasteiger partial charge on any atom is 0.310 e. The topological polar surface area (TPSA) is 91.1 Å². The second-order valence-corrected chi connectivity index (χ2v) is 12.5. The number of piperidine rings is 2. The standard InChI is InChI=1S/C24H29F5N6OS/c1-34-8-4-16(5-9-34)21-14-32-23-22(33-21)19(13-31-23)15-6-10-35(11-7-15)24(36)18-3-2-17(12-20(18)30)37(25,26,27,28)29/h2-3,12-16H,4-11,30H2,1H3,(H,31,32).